The Bertz CT molecular complexity index is 1290. The molecule has 0 atom stereocenters. The predicted molar refractivity (Wildman–Crippen MR) is 108 cm³/mol. The maximum Gasteiger partial charge on any atom is 0.270 e. The van der Waals surface area contributed by atoms with Crippen molar-refractivity contribution in [2.75, 3.05) is 5.73 Å². The van der Waals surface area contributed by atoms with Gasteiger partial charge in [0.05, 0.1) is 17.4 Å². The summed E-state index contributed by atoms with van der Waals surface area (Å²) in [4.78, 5) is 13.2. The lowest BCUT2D eigenvalue weighted by Crippen LogP contribution is -1.99. The molecule has 2 aromatic carbocycles. The molecule has 0 unspecified atom stereocenters. The molecule has 7 nitrogen and oxygen atoms in total. The molecule has 28 heavy (non-hydrogen) atoms. The summed E-state index contributed by atoms with van der Waals surface area (Å²) >= 11 is 0. The molecule has 3 heterocycles. The molecule has 5 aromatic rings. The number of rotatable bonds is 3. The zero-order chi connectivity index (χ0) is 18.9. The topological polar surface area (TPSA) is 104 Å². The Morgan fingerprint density at radius 2 is 1.68 bits per heavy atom. The fourth-order valence-electron chi connectivity index (χ4n) is 2.95. The van der Waals surface area contributed by atoms with Gasteiger partial charge in [-0.25, -0.2) is 9.97 Å². The third-order valence-corrected chi connectivity index (χ3v) is 4.35. The van der Waals surface area contributed by atoms with Gasteiger partial charge in [0.15, 0.2) is 11.5 Å². The van der Waals surface area contributed by atoms with Gasteiger partial charge in [-0.15, -0.1) is 10.2 Å². The van der Waals surface area contributed by atoms with Crippen molar-refractivity contribution in [2.45, 2.75) is 0 Å². The van der Waals surface area contributed by atoms with Crippen molar-refractivity contribution in [2.24, 2.45) is 0 Å². The van der Waals surface area contributed by atoms with Gasteiger partial charge in [-0.3, -0.25) is 4.98 Å². The highest BCUT2D eigenvalue weighted by Crippen LogP contribution is 2.28. The summed E-state index contributed by atoms with van der Waals surface area (Å²) in [6.07, 6.45) is 3.40. The molecule has 5 rings (SSSR count). The molecule has 0 aliphatic heterocycles. The molecule has 0 saturated carbocycles. The van der Waals surface area contributed by atoms with Gasteiger partial charge >= 0.3 is 0 Å². The van der Waals surface area contributed by atoms with Crippen LogP contribution in [0.4, 0.5) is 5.82 Å². The van der Waals surface area contributed by atoms with Gasteiger partial charge in [0.1, 0.15) is 0 Å². The van der Waals surface area contributed by atoms with E-state index in [-0.39, 0.29) is 13.1 Å². The van der Waals surface area contributed by atoms with Gasteiger partial charge in [-0.2, -0.15) is 0 Å². The number of hydrogen-bond acceptors (Lipinski definition) is 7. The second-order valence-electron chi connectivity index (χ2n) is 6.18. The van der Waals surface area contributed by atoms with Gasteiger partial charge in [0.2, 0.25) is 5.89 Å². The molecular formula is C21H16N6O. The number of fused-ring (bicyclic) bond motifs is 1. The van der Waals surface area contributed by atoms with E-state index < -0.39 is 0 Å². The van der Waals surface area contributed by atoms with Gasteiger partial charge in [0, 0.05) is 24.1 Å². The number of benzene rings is 2. The number of nitrogen functional groups attached to an aromatic ring is 1. The molecule has 0 aliphatic carbocycles. The highest BCUT2D eigenvalue weighted by molar-refractivity contribution is 5.84. The summed E-state index contributed by atoms with van der Waals surface area (Å²) in [5.41, 5.74) is 9.69. The Morgan fingerprint density at radius 3 is 2.57 bits per heavy atom. The minimum absolute atomic E-state index is 0. The molecular weight excluding hydrogens is 352 g/mol. The molecule has 0 spiro atoms. The Labute approximate surface area is 161 Å². The minimum Gasteiger partial charge on any atom is -0.414 e. The molecule has 7 heteroatoms. The summed E-state index contributed by atoms with van der Waals surface area (Å²) in [6.45, 7) is 0. The van der Waals surface area contributed by atoms with E-state index in [0.29, 0.717) is 17.3 Å². The monoisotopic (exact) mass is 368 g/mol. The lowest BCUT2D eigenvalue weighted by atomic mass is 10.1. The van der Waals surface area contributed by atoms with E-state index in [1.54, 1.807) is 12.4 Å². The van der Waals surface area contributed by atoms with Crippen LogP contribution < -0.4 is 5.73 Å². The first-order valence-electron chi connectivity index (χ1n) is 8.65. The lowest BCUT2D eigenvalue weighted by Gasteiger charge is -2.05. The summed E-state index contributed by atoms with van der Waals surface area (Å²) in [7, 11) is 0. The lowest BCUT2D eigenvalue weighted by molar-refractivity contribution is 0.582. The van der Waals surface area contributed by atoms with Crippen LogP contribution in [0.2, 0.25) is 0 Å². The van der Waals surface area contributed by atoms with Crippen LogP contribution in [0.1, 0.15) is 1.43 Å². The SMILES string of the molecule is Nc1ncc(-c2ccc3ncccc3c2)nc1-c1nnc(-c2ccccc2)o1.[HH]. The smallest absolute Gasteiger partial charge is 0.270 e. The second-order valence-corrected chi connectivity index (χ2v) is 6.18. The number of nitrogens with two attached hydrogens (primary N) is 1. The van der Waals surface area contributed by atoms with Crippen LogP contribution >= 0.6 is 0 Å². The van der Waals surface area contributed by atoms with E-state index in [4.69, 9.17) is 10.2 Å². The average Bonchev–Trinajstić information content (AvgIpc) is 3.24. The number of nitrogens with zero attached hydrogens (tertiary/aromatic N) is 5. The molecule has 2 N–H and O–H groups in total. The number of anilines is 1. The first kappa shape index (κ1) is 16.1. The number of pyridine rings is 1. The molecule has 0 bridgehead atoms. The van der Waals surface area contributed by atoms with Crippen molar-refractivity contribution >= 4 is 16.7 Å². The Balaban J connectivity index is 0.00000205. The first-order chi connectivity index (χ1) is 13.8. The van der Waals surface area contributed by atoms with E-state index in [2.05, 4.69) is 25.1 Å². The summed E-state index contributed by atoms with van der Waals surface area (Å²) < 4.78 is 5.78. The third-order valence-electron chi connectivity index (χ3n) is 4.35. The highest BCUT2D eigenvalue weighted by atomic mass is 16.4. The van der Waals surface area contributed by atoms with E-state index in [1.165, 1.54) is 0 Å². The quantitative estimate of drug-likeness (QED) is 0.508. The zero-order valence-electron chi connectivity index (χ0n) is 14.6. The van der Waals surface area contributed by atoms with Gasteiger partial charge in [-0.1, -0.05) is 30.3 Å². The van der Waals surface area contributed by atoms with Crippen LogP contribution in [0.3, 0.4) is 0 Å². The maximum absolute atomic E-state index is 6.03. The fourth-order valence-corrected chi connectivity index (χ4v) is 2.95. The molecule has 0 radical (unpaired) electrons. The molecule has 0 saturated heterocycles. The summed E-state index contributed by atoms with van der Waals surface area (Å²) in [6, 6.07) is 19.3. The number of hydrogen-bond donors (Lipinski definition) is 1. The molecule has 0 aliphatic rings. The Morgan fingerprint density at radius 1 is 0.821 bits per heavy atom. The predicted octanol–water partition coefficient (Wildman–Crippen LogP) is 4.24. The Kier molecular flexibility index (Phi) is 3.76. The van der Waals surface area contributed by atoms with Crippen LogP contribution in [-0.2, 0) is 0 Å². The van der Waals surface area contributed by atoms with Crippen molar-refractivity contribution in [3.63, 3.8) is 0 Å². The van der Waals surface area contributed by atoms with Crippen LogP contribution in [-0.4, -0.2) is 25.1 Å². The van der Waals surface area contributed by atoms with Gasteiger partial charge < -0.3 is 10.2 Å². The van der Waals surface area contributed by atoms with E-state index in [9.17, 15) is 0 Å². The van der Waals surface area contributed by atoms with Crippen molar-refractivity contribution in [3.8, 4) is 34.3 Å². The van der Waals surface area contributed by atoms with Gasteiger partial charge in [-0.05, 0) is 30.3 Å². The van der Waals surface area contributed by atoms with Crippen LogP contribution in [0.5, 0.6) is 0 Å². The fraction of sp³-hybridized carbons (Fsp3) is 0. The minimum atomic E-state index is 0. The molecule has 136 valence electrons. The van der Waals surface area contributed by atoms with Crippen molar-refractivity contribution < 1.29 is 5.84 Å². The third kappa shape index (κ3) is 2.84. The Hall–Kier alpha value is -4.13. The van der Waals surface area contributed by atoms with Crippen molar-refractivity contribution in [1.82, 2.24) is 25.1 Å². The maximum atomic E-state index is 6.03. The van der Waals surface area contributed by atoms with Crippen LogP contribution in [0.15, 0.2) is 77.5 Å². The van der Waals surface area contributed by atoms with Crippen LogP contribution in [0, 0.1) is 0 Å². The van der Waals surface area contributed by atoms with E-state index in [0.717, 1.165) is 22.0 Å². The van der Waals surface area contributed by atoms with Crippen molar-refractivity contribution in [1.29, 1.82) is 0 Å². The number of aromatic nitrogens is 5. The summed E-state index contributed by atoms with van der Waals surface area (Å²) in [5.74, 6) is 0.863. The first-order valence-corrected chi connectivity index (χ1v) is 8.65. The average molecular weight is 368 g/mol. The standard InChI is InChI=1S/C21H14N6O.H2/c22-19-18(21-27-26-20(28-21)13-5-2-1-3-6-13)25-17(12-24-19)15-8-9-16-14(11-15)7-4-10-23-16;/h1-12H,(H2,22,24);1H. The van der Waals surface area contributed by atoms with E-state index in [1.807, 2.05) is 60.7 Å². The van der Waals surface area contributed by atoms with Gasteiger partial charge in [0.25, 0.3) is 5.89 Å². The van der Waals surface area contributed by atoms with Crippen LogP contribution in [0.25, 0.3) is 45.2 Å². The van der Waals surface area contributed by atoms with E-state index >= 15 is 0 Å². The summed E-state index contributed by atoms with van der Waals surface area (Å²) in [5, 5.41) is 9.22. The van der Waals surface area contributed by atoms with Crippen molar-refractivity contribution in [3.05, 3.63) is 73.1 Å². The zero-order valence-corrected chi connectivity index (χ0v) is 14.6. The normalized spacial score (nSPS) is 11.0. The molecule has 0 amide bonds. The molecule has 3 aromatic heterocycles. The second kappa shape index (κ2) is 6.55. The largest absolute Gasteiger partial charge is 0.414 e. The molecule has 0 fully saturated rings. The highest BCUT2D eigenvalue weighted by Gasteiger charge is 2.16.